The SMILES string of the molecule is c1ccc(-c2cccc(-n3c4ccccc4c4ccc5c6ccccc6n(-c6nc(-c7ccccc7)nc(-c7ccc8c(c7)sc7ccccc78)n6)c5c43)c2)cc1. The summed E-state index contributed by atoms with van der Waals surface area (Å²) < 4.78 is 7.16. The van der Waals surface area contributed by atoms with Crippen LogP contribution in [-0.2, 0) is 0 Å². The van der Waals surface area contributed by atoms with E-state index in [2.05, 4.69) is 179 Å². The number of nitrogens with zero attached hydrogens (tertiary/aromatic N) is 5. The molecule has 6 heteroatoms. The predicted octanol–water partition coefficient (Wildman–Crippen LogP) is 13.4. The highest BCUT2D eigenvalue weighted by atomic mass is 32.1. The van der Waals surface area contributed by atoms with Crippen LogP contribution in [0.2, 0.25) is 0 Å². The van der Waals surface area contributed by atoms with Gasteiger partial charge in [-0.1, -0.05) is 152 Å². The summed E-state index contributed by atoms with van der Waals surface area (Å²) in [7, 11) is 0. The Hall–Kier alpha value is -7.41. The van der Waals surface area contributed by atoms with Gasteiger partial charge in [0.15, 0.2) is 11.6 Å². The van der Waals surface area contributed by atoms with Crippen LogP contribution in [0.3, 0.4) is 0 Å². The minimum Gasteiger partial charge on any atom is -0.307 e. The zero-order valence-corrected chi connectivity index (χ0v) is 31.4. The molecule has 8 aromatic carbocycles. The lowest BCUT2D eigenvalue weighted by Gasteiger charge is -2.14. The van der Waals surface area contributed by atoms with Gasteiger partial charge < -0.3 is 4.57 Å². The lowest BCUT2D eigenvalue weighted by atomic mass is 10.1. The van der Waals surface area contributed by atoms with Crippen LogP contribution < -0.4 is 0 Å². The van der Waals surface area contributed by atoms with Gasteiger partial charge in [0.05, 0.1) is 22.1 Å². The van der Waals surface area contributed by atoms with E-state index in [1.807, 2.05) is 18.2 Å². The molecule has 0 aliphatic carbocycles. The third-order valence-corrected chi connectivity index (χ3v) is 12.3. The summed E-state index contributed by atoms with van der Waals surface area (Å²) >= 11 is 1.80. The van der Waals surface area contributed by atoms with E-state index in [-0.39, 0.29) is 0 Å². The fourth-order valence-electron chi connectivity index (χ4n) is 8.61. The van der Waals surface area contributed by atoms with Crippen molar-refractivity contribution in [3.8, 4) is 45.5 Å². The van der Waals surface area contributed by atoms with Gasteiger partial charge in [-0.15, -0.1) is 11.3 Å². The number of benzene rings is 8. The second-order valence-electron chi connectivity index (χ2n) is 14.4. The molecule has 266 valence electrons. The summed E-state index contributed by atoms with van der Waals surface area (Å²) in [6.45, 7) is 0. The van der Waals surface area contributed by atoms with E-state index in [9.17, 15) is 0 Å². The van der Waals surface area contributed by atoms with Gasteiger partial charge in [-0.2, -0.15) is 9.97 Å². The molecular weight excluding hydrogens is 715 g/mol. The molecule has 12 aromatic rings. The molecule has 5 nitrogen and oxygen atoms in total. The van der Waals surface area contributed by atoms with Crippen LogP contribution in [0.15, 0.2) is 188 Å². The molecule has 12 rings (SSSR count). The van der Waals surface area contributed by atoms with Gasteiger partial charge >= 0.3 is 0 Å². The topological polar surface area (TPSA) is 48.5 Å². The number of hydrogen-bond acceptors (Lipinski definition) is 4. The quantitative estimate of drug-likeness (QED) is 0.176. The first kappa shape index (κ1) is 31.9. The van der Waals surface area contributed by atoms with Crippen molar-refractivity contribution < 1.29 is 0 Å². The third kappa shape index (κ3) is 4.98. The molecule has 0 unspecified atom stereocenters. The largest absolute Gasteiger partial charge is 0.307 e. The molecule has 0 bridgehead atoms. The number of hydrogen-bond donors (Lipinski definition) is 0. The maximum absolute atomic E-state index is 5.39. The first-order chi connectivity index (χ1) is 28.3. The van der Waals surface area contributed by atoms with Crippen LogP contribution >= 0.6 is 11.3 Å². The van der Waals surface area contributed by atoms with Crippen LogP contribution in [0.5, 0.6) is 0 Å². The van der Waals surface area contributed by atoms with Gasteiger partial charge in [0.25, 0.3) is 0 Å². The standard InChI is InChI=1S/C51H31N5S/c1-3-14-32(15-4-1)34-18-13-19-36(30-34)55-43-23-10-7-20-37(43)41-28-29-42-38-21-8-11-24-44(38)56(48(42)47(41)55)51-53-49(33-16-5-2-6-17-33)52-50(54-51)35-26-27-40-39-22-9-12-25-45(39)57-46(40)31-35/h1-31H. The van der Waals surface area contributed by atoms with Gasteiger partial charge in [0.2, 0.25) is 5.95 Å². The maximum atomic E-state index is 5.39. The van der Waals surface area contributed by atoms with Crippen molar-refractivity contribution in [1.29, 1.82) is 0 Å². The summed E-state index contributed by atoms with van der Waals surface area (Å²) in [5, 5.41) is 7.14. The zero-order chi connectivity index (χ0) is 37.5. The minimum absolute atomic E-state index is 0.573. The average Bonchev–Trinajstić information content (AvgIpc) is 3.94. The first-order valence-corrected chi connectivity index (χ1v) is 19.9. The first-order valence-electron chi connectivity index (χ1n) is 19.1. The van der Waals surface area contributed by atoms with Crippen molar-refractivity contribution in [3.63, 3.8) is 0 Å². The van der Waals surface area contributed by atoms with Crippen molar-refractivity contribution in [2.75, 3.05) is 0 Å². The summed E-state index contributed by atoms with van der Waals surface area (Å²) in [6, 6.07) is 66.7. The molecule has 0 atom stereocenters. The van der Waals surface area contributed by atoms with Crippen LogP contribution in [-0.4, -0.2) is 24.1 Å². The molecule has 0 N–H and O–H groups in total. The Balaban J connectivity index is 1.19. The molecule has 0 radical (unpaired) electrons. The second-order valence-corrected chi connectivity index (χ2v) is 15.5. The van der Waals surface area contributed by atoms with E-state index in [4.69, 9.17) is 15.0 Å². The van der Waals surface area contributed by atoms with E-state index in [1.54, 1.807) is 11.3 Å². The smallest absolute Gasteiger partial charge is 0.238 e. The summed E-state index contributed by atoms with van der Waals surface area (Å²) in [4.78, 5) is 15.9. The van der Waals surface area contributed by atoms with Crippen LogP contribution in [0.1, 0.15) is 0 Å². The maximum Gasteiger partial charge on any atom is 0.238 e. The zero-order valence-electron chi connectivity index (χ0n) is 30.5. The molecular formula is C51H31N5S. The van der Waals surface area contributed by atoms with Crippen molar-refractivity contribution in [3.05, 3.63) is 188 Å². The molecule has 0 saturated heterocycles. The molecule has 0 saturated carbocycles. The van der Waals surface area contributed by atoms with E-state index < -0.39 is 0 Å². The van der Waals surface area contributed by atoms with E-state index in [0.29, 0.717) is 17.6 Å². The Kier molecular flexibility index (Phi) is 7.03. The van der Waals surface area contributed by atoms with E-state index in [1.165, 1.54) is 36.5 Å². The molecule has 0 aliphatic rings. The molecule has 0 fully saturated rings. The average molecular weight is 746 g/mol. The number of thiophene rings is 1. The van der Waals surface area contributed by atoms with Gasteiger partial charge in [0.1, 0.15) is 0 Å². The lowest BCUT2D eigenvalue weighted by Crippen LogP contribution is -2.07. The number of para-hydroxylation sites is 2. The third-order valence-electron chi connectivity index (χ3n) is 11.2. The highest BCUT2D eigenvalue weighted by molar-refractivity contribution is 7.25. The Labute approximate surface area is 331 Å². The molecule has 4 heterocycles. The Morgan fingerprint density at radius 2 is 0.877 bits per heavy atom. The molecule has 4 aromatic heterocycles. The normalized spacial score (nSPS) is 11.9. The number of aromatic nitrogens is 5. The van der Waals surface area contributed by atoms with Crippen molar-refractivity contribution in [2.45, 2.75) is 0 Å². The molecule has 0 aliphatic heterocycles. The fourth-order valence-corrected chi connectivity index (χ4v) is 9.75. The van der Waals surface area contributed by atoms with E-state index in [0.717, 1.165) is 55.2 Å². The van der Waals surface area contributed by atoms with Gasteiger partial charge in [-0.05, 0) is 47.5 Å². The monoisotopic (exact) mass is 745 g/mol. The van der Waals surface area contributed by atoms with Crippen LogP contribution in [0.25, 0.3) is 109 Å². The van der Waals surface area contributed by atoms with Crippen LogP contribution in [0, 0.1) is 0 Å². The van der Waals surface area contributed by atoms with Crippen molar-refractivity contribution in [2.24, 2.45) is 0 Å². The molecule has 0 amide bonds. The highest BCUT2D eigenvalue weighted by Crippen LogP contribution is 2.42. The van der Waals surface area contributed by atoms with Crippen molar-refractivity contribution in [1.82, 2.24) is 24.1 Å². The van der Waals surface area contributed by atoms with E-state index >= 15 is 0 Å². The molecule has 0 spiro atoms. The Morgan fingerprint density at radius 3 is 1.61 bits per heavy atom. The second kappa shape index (κ2) is 12.6. The lowest BCUT2D eigenvalue weighted by molar-refractivity contribution is 0.953. The summed E-state index contributed by atoms with van der Waals surface area (Å²) in [5.74, 6) is 1.83. The van der Waals surface area contributed by atoms with Crippen LogP contribution in [0.4, 0.5) is 0 Å². The Morgan fingerprint density at radius 1 is 0.333 bits per heavy atom. The predicted molar refractivity (Wildman–Crippen MR) is 238 cm³/mol. The minimum atomic E-state index is 0.573. The summed E-state index contributed by atoms with van der Waals surface area (Å²) in [6.07, 6.45) is 0. The molecule has 57 heavy (non-hydrogen) atoms. The number of fused-ring (bicyclic) bond motifs is 10. The van der Waals surface area contributed by atoms with Crippen molar-refractivity contribution >= 4 is 75.1 Å². The van der Waals surface area contributed by atoms with Gasteiger partial charge in [0, 0.05) is 58.5 Å². The van der Waals surface area contributed by atoms with Gasteiger partial charge in [-0.3, -0.25) is 4.57 Å². The Bertz CT molecular complexity index is 3520. The highest BCUT2D eigenvalue weighted by Gasteiger charge is 2.24. The number of rotatable bonds is 5. The van der Waals surface area contributed by atoms with Gasteiger partial charge in [-0.25, -0.2) is 4.98 Å². The fraction of sp³-hybridized carbons (Fsp3) is 0. The summed E-state index contributed by atoms with van der Waals surface area (Å²) in [5.41, 5.74) is 9.64.